The predicted molar refractivity (Wildman–Crippen MR) is 72.4 cm³/mol. The Hall–Kier alpha value is -1.62. The first kappa shape index (κ1) is 15.4. The second-order valence-corrected chi connectivity index (χ2v) is 4.64. The van der Waals surface area contributed by atoms with Gasteiger partial charge in [0.1, 0.15) is 5.82 Å². The van der Waals surface area contributed by atoms with Crippen LogP contribution in [0.5, 0.6) is 0 Å². The van der Waals surface area contributed by atoms with Gasteiger partial charge in [-0.25, -0.2) is 9.18 Å². The normalized spacial score (nSPS) is 13.7. The van der Waals surface area contributed by atoms with Crippen molar-refractivity contribution in [3.63, 3.8) is 0 Å². The van der Waals surface area contributed by atoms with Gasteiger partial charge in [-0.1, -0.05) is 19.1 Å². The summed E-state index contributed by atoms with van der Waals surface area (Å²) < 4.78 is 13.0. The van der Waals surface area contributed by atoms with Crippen LogP contribution in [0.15, 0.2) is 24.3 Å². The second-order valence-electron chi connectivity index (χ2n) is 4.64. The Morgan fingerprint density at radius 3 is 2.74 bits per heavy atom. The maximum absolute atomic E-state index is 13.0. The summed E-state index contributed by atoms with van der Waals surface area (Å²) in [6.45, 7) is 3.66. The number of rotatable bonds is 6. The van der Waals surface area contributed by atoms with Crippen molar-refractivity contribution in [2.45, 2.75) is 38.8 Å². The molecule has 0 heterocycles. The molecule has 1 aromatic carbocycles. The first-order valence-corrected chi connectivity index (χ1v) is 6.47. The fourth-order valence-electron chi connectivity index (χ4n) is 1.80. The molecule has 0 aliphatic carbocycles. The van der Waals surface area contributed by atoms with E-state index in [0.29, 0.717) is 12.8 Å². The Bertz CT molecular complexity index is 408. The lowest BCUT2D eigenvalue weighted by molar-refractivity contribution is 0.212. The fraction of sp³-hybridized carbons (Fsp3) is 0.500. The van der Waals surface area contributed by atoms with E-state index in [2.05, 4.69) is 10.6 Å². The molecule has 4 nitrogen and oxygen atoms in total. The third-order valence-corrected chi connectivity index (χ3v) is 2.86. The standard InChI is InChI=1S/C14H21FN2O2/c1-3-13(9-18)17-14(19)16-10(2)7-11-5-4-6-12(15)8-11/h4-6,8,10,13,18H,3,7,9H2,1-2H3,(H2,16,17,19)/t10?,13-/m0/s1. The van der Waals surface area contributed by atoms with Crippen molar-refractivity contribution in [2.24, 2.45) is 0 Å². The van der Waals surface area contributed by atoms with Crippen LogP contribution < -0.4 is 10.6 Å². The Morgan fingerprint density at radius 2 is 2.16 bits per heavy atom. The number of urea groups is 1. The van der Waals surface area contributed by atoms with E-state index in [1.165, 1.54) is 12.1 Å². The molecular formula is C14H21FN2O2. The lowest BCUT2D eigenvalue weighted by Gasteiger charge is -2.18. The lowest BCUT2D eigenvalue weighted by Crippen LogP contribution is -2.47. The molecule has 19 heavy (non-hydrogen) atoms. The third kappa shape index (κ3) is 5.70. The molecule has 0 bridgehead atoms. The summed E-state index contributed by atoms with van der Waals surface area (Å²) in [5, 5.41) is 14.4. The van der Waals surface area contributed by atoms with Gasteiger partial charge in [-0.3, -0.25) is 0 Å². The van der Waals surface area contributed by atoms with Crippen LogP contribution in [0.4, 0.5) is 9.18 Å². The van der Waals surface area contributed by atoms with Crippen molar-refractivity contribution in [1.29, 1.82) is 0 Å². The smallest absolute Gasteiger partial charge is 0.315 e. The van der Waals surface area contributed by atoms with Gasteiger partial charge in [0, 0.05) is 6.04 Å². The summed E-state index contributed by atoms with van der Waals surface area (Å²) in [6.07, 6.45) is 1.23. The summed E-state index contributed by atoms with van der Waals surface area (Å²) >= 11 is 0. The molecule has 1 unspecified atom stereocenters. The highest BCUT2D eigenvalue weighted by Crippen LogP contribution is 2.06. The zero-order chi connectivity index (χ0) is 14.3. The highest BCUT2D eigenvalue weighted by molar-refractivity contribution is 5.74. The number of aliphatic hydroxyl groups excluding tert-OH is 1. The quantitative estimate of drug-likeness (QED) is 0.737. The van der Waals surface area contributed by atoms with Gasteiger partial charge in [0.15, 0.2) is 0 Å². The summed E-state index contributed by atoms with van der Waals surface area (Å²) in [4.78, 5) is 11.6. The lowest BCUT2D eigenvalue weighted by atomic mass is 10.1. The number of hydrogen-bond donors (Lipinski definition) is 3. The van der Waals surface area contributed by atoms with Crippen LogP contribution in [0.2, 0.25) is 0 Å². The Labute approximate surface area is 113 Å². The average Bonchev–Trinajstić information content (AvgIpc) is 2.35. The number of amides is 2. The van der Waals surface area contributed by atoms with Crippen molar-refractivity contribution in [3.05, 3.63) is 35.6 Å². The van der Waals surface area contributed by atoms with Gasteiger partial charge in [-0.2, -0.15) is 0 Å². The summed E-state index contributed by atoms with van der Waals surface area (Å²) in [6, 6.07) is 5.65. The van der Waals surface area contributed by atoms with Crippen molar-refractivity contribution in [1.82, 2.24) is 10.6 Å². The molecule has 0 aliphatic rings. The SMILES string of the molecule is CC[C@@H](CO)NC(=O)NC(C)Cc1cccc(F)c1. The van der Waals surface area contributed by atoms with Gasteiger partial charge >= 0.3 is 6.03 Å². The fourth-order valence-corrected chi connectivity index (χ4v) is 1.80. The minimum Gasteiger partial charge on any atom is -0.394 e. The van der Waals surface area contributed by atoms with Crippen molar-refractivity contribution < 1.29 is 14.3 Å². The Kier molecular flexibility index (Phi) is 6.29. The number of carbonyl (C=O) groups excluding carboxylic acids is 1. The highest BCUT2D eigenvalue weighted by Gasteiger charge is 2.12. The molecule has 3 N–H and O–H groups in total. The molecule has 0 saturated carbocycles. The van der Waals surface area contributed by atoms with Gasteiger partial charge in [0.25, 0.3) is 0 Å². The molecule has 0 fully saturated rings. The summed E-state index contributed by atoms with van der Waals surface area (Å²) in [5.74, 6) is -0.277. The third-order valence-electron chi connectivity index (χ3n) is 2.86. The van der Waals surface area contributed by atoms with E-state index in [1.54, 1.807) is 6.07 Å². The monoisotopic (exact) mass is 268 g/mol. The van der Waals surface area contributed by atoms with Gasteiger partial charge in [0.2, 0.25) is 0 Å². The zero-order valence-electron chi connectivity index (χ0n) is 11.3. The largest absolute Gasteiger partial charge is 0.394 e. The van der Waals surface area contributed by atoms with E-state index in [4.69, 9.17) is 5.11 Å². The first-order valence-electron chi connectivity index (χ1n) is 6.47. The minimum absolute atomic E-state index is 0.0812. The van der Waals surface area contributed by atoms with Crippen LogP contribution in [-0.4, -0.2) is 29.8 Å². The molecule has 0 aromatic heterocycles. The van der Waals surface area contributed by atoms with Crippen LogP contribution in [0, 0.1) is 5.82 Å². The Balaban J connectivity index is 2.42. The maximum atomic E-state index is 13.0. The van der Waals surface area contributed by atoms with Crippen LogP contribution in [0.25, 0.3) is 0 Å². The molecule has 2 amide bonds. The van der Waals surface area contributed by atoms with Crippen LogP contribution in [0.1, 0.15) is 25.8 Å². The average molecular weight is 268 g/mol. The van der Waals surface area contributed by atoms with Crippen LogP contribution >= 0.6 is 0 Å². The van der Waals surface area contributed by atoms with Gasteiger partial charge in [-0.15, -0.1) is 0 Å². The highest BCUT2D eigenvalue weighted by atomic mass is 19.1. The van der Waals surface area contributed by atoms with E-state index >= 15 is 0 Å². The second kappa shape index (κ2) is 7.74. The van der Waals surface area contributed by atoms with Crippen LogP contribution in [-0.2, 0) is 6.42 Å². The molecule has 0 aliphatic heterocycles. The molecule has 0 spiro atoms. The summed E-state index contributed by atoms with van der Waals surface area (Å²) in [5.41, 5.74) is 0.835. The van der Waals surface area contributed by atoms with Gasteiger partial charge in [0.05, 0.1) is 12.6 Å². The predicted octanol–water partition coefficient (Wildman–Crippen LogP) is 1.83. The number of hydrogen-bond acceptors (Lipinski definition) is 2. The number of benzene rings is 1. The molecule has 0 saturated heterocycles. The molecule has 0 radical (unpaired) electrons. The minimum atomic E-state index is -0.315. The first-order chi connectivity index (χ1) is 9.05. The summed E-state index contributed by atoms with van der Waals surface area (Å²) in [7, 11) is 0. The number of nitrogens with one attached hydrogen (secondary N) is 2. The van der Waals surface area contributed by atoms with Crippen molar-refractivity contribution in [3.8, 4) is 0 Å². The molecule has 1 aromatic rings. The molecule has 2 atom stereocenters. The molecular weight excluding hydrogens is 247 g/mol. The zero-order valence-corrected chi connectivity index (χ0v) is 11.3. The number of carbonyl (C=O) groups is 1. The maximum Gasteiger partial charge on any atom is 0.315 e. The molecule has 1 rings (SSSR count). The van der Waals surface area contributed by atoms with Gasteiger partial charge in [-0.05, 0) is 37.5 Å². The van der Waals surface area contributed by atoms with E-state index in [1.807, 2.05) is 19.9 Å². The topological polar surface area (TPSA) is 61.4 Å². The van der Waals surface area contributed by atoms with E-state index in [-0.39, 0.29) is 30.5 Å². The number of aliphatic hydroxyl groups is 1. The van der Waals surface area contributed by atoms with E-state index in [9.17, 15) is 9.18 Å². The molecule has 5 heteroatoms. The van der Waals surface area contributed by atoms with Crippen molar-refractivity contribution in [2.75, 3.05) is 6.61 Å². The van der Waals surface area contributed by atoms with E-state index in [0.717, 1.165) is 5.56 Å². The van der Waals surface area contributed by atoms with Gasteiger partial charge < -0.3 is 15.7 Å². The number of halogens is 1. The van der Waals surface area contributed by atoms with Crippen LogP contribution in [0.3, 0.4) is 0 Å². The van der Waals surface area contributed by atoms with Crippen molar-refractivity contribution >= 4 is 6.03 Å². The van der Waals surface area contributed by atoms with E-state index < -0.39 is 0 Å². The Morgan fingerprint density at radius 1 is 1.42 bits per heavy atom. The molecule has 106 valence electrons.